The minimum Gasteiger partial charge on any atom is -0.308 e. The van der Waals surface area contributed by atoms with Crippen LogP contribution in [0.25, 0.3) is 0 Å². The average molecular weight is 325 g/mol. The van der Waals surface area contributed by atoms with E-state index < -0.39 is 0 Å². The Hall–Kier alpha value is -1.36. The van der Waals surface area contributed by atoms with Crippen LogP contribution in [-0.2, 0) is 0 Å². The molecule has 0 radical (unpaired) electrons. The number of benzene rings is 2. The third kappa shape index (κ3) is 3.10. The highest BCUT2D eigenvalue weighted by molar-refractivity contribution is 9.10. The topological polar surface area (TPSA) is 50.4 Å². The third-order valence-corrected chi connectivity index (χ3v) is 3.54. The number of halogens is 2. The Bertz CT molecular complexity index is 570. The zero-order chi connectivity index (χ0) is 13.0. The Morgan fingerprint density at radius 1 is 1.17 bits per heavy atom. The molecule has 0 atom stereocenters. The van der Waals surface area contributed by atoms with Crippen molar-refractivity contribution in [3.63, 3.8) is 0 Å². The Balaban J connectivity index is 2.39. The van der Waals surface area contributed by atoms with Gasteiger partial charge in [-0.15, -0.1) is 0 Å². The number of hydrogen-bond donors (Lipinski definition) is 2. The van der Waals surface area contributed by atoms with E-state index in [0.717, 1.165) is 15.7 Å². The van der Waals surface area contributed by atoms with Crippen molar-refractivity contribution in [3.8, 4) is 0 Å². The lowest BCUT2D eigenvalue weighted by Gasteiger charge is -2.07. The molecule has 2 rings (SSSR count). The second-order valence-electron chi connectivity index (χ2n) is 3.57. The molecule has 3 nitrogen and oxygen atoms in total. The minimum atomic E-state index is 0.582. The zero-order valence-electron chi connectivity index (χ0n) is 9.40. The van der Waals surface area contributed by atoms with Crippen LogP contribution in [0, 0.1) is 0 Å². The molecular weight excluding hydrogens is 314 g/mol. The summed E-state index contributed by atoms with van der Waals surface area (Å²) in [6.45, 7) is 0. The van der Waals surface area contributed by atoms with Crippen LogP contribution < -0.4 is 11.3 Å². The van der Waals surface area contributed by atoms with Crippen molar-refractivity contribution < 1.29 is 0 Å². The molecule has 2 aromatic rings. The number of aliphatic imine (C=N–C) groups is 1. The largest absolute Gasteiger partial charge is 0.308 e. The van der Waals surface area contributed by atoms with Crippen molar-refractivity contribution in [2.45, 2.75) is 0 Å². The van der Waals surface area contributed by atoms with E-state index in [2.05, 4.69) is 26.3 Å². The van der Waals surface area contributed by atoms with E-state index in [-0.39, 0.29) is 0 Å². The normalized spacial score (nSPS) is 11.4. The van der Waals surface area contributed by atoms with Crippen molar-refractivity contribution in [2.75, 3.05) is 0 Å². The monoisotopic (exact) mass is 323 g/mol. The number of amidine groups is 1. The van der Waals surface area contributed by atoms with Gasteiger partial charge in [0.2, 0.25) is 0 Å². The molecule has 2 aromatic carbocycles. The second kappa shape index (κ2) is 6.00. The fourth-order valence-corrected chi connectivity index (χ4v) is 1.95. The van der Waals surface area contributed by atoms with Gasteiger partial charge in [0, 0.05) is 10.0 Å². The molecule has 0 saturated heterocycles. The zero-order valence-corrected chi connectivity index (χ0v) is 11.7. The molecule has 3 N–H and O–H groups in total. The fraction of sp³-hybridized carbons (Fsp3) is 0. The maximum absolute atomic E-state index is 5.95. The second-order valence-corrected chi connectivity index (χ2v) is 4.83. The molecule has 0 saturated carbocycles. The van der Waals surface area contributed by atoms with Gasteiger partial charge in [-0.1, -0.05) is 29.8 Å². The molecule has 0 aliphatic rings. The van der Waals surface area contributed by atoms with Crippen LogP contribution >= 0.6 is 27.5 Å². The quantitative estimate of drug-likeness (QED) is 0.383. The number of nitrogens with two attached hydrogens (primary N) is 1. The first-order chi connectivity index (χ1) is 8.70. The maximum atomic E-state index is 5.95. The first-order valence-corrected chi connectivity index (χ1v) is 6.43. The van der Waals surface area contributed by atoms with E-state index in [4.69, 9.17) is 17.4 Å². The molecule has 18 heavy (non-hydrogen) atoms. The van der Waals surface area contributed by atoms with E-state index in [9.17, 15) is 0 Å². The fourth-order valence-electron chi connectivity index (χ4n) is 1.46. The number of hydrogen-bond acceptors (Lipinski definition) is 2. The van der Waals surface area contributed by atoms with Crippen molar-refractivity contribution in [1.29, 1.82) is 0 Å². The number of hydrazine groups is 1. The molecule has 5 heteroatoms. The summed E-state index contributed by atoms with van der Waals surface area (Å²) in [6.07, 6.45) is 0. The van der Waals surface area contributed by atoms with Gasteiger partial charge in [0.05, 0.1) is 10.7 Å². The molecular formula is C13H11BrClN3. The average Bonchev–Trinajstić information content (AvgIpc) is 2.40. The molecule has 0 bridgehead atoms. The lowest BCUT2D eigenvalue weighted by molar-refractivity contribution is 1.02. The first kappa shape index (κ1) is 13.1. The lowest BCUT2D eigenvalue weighted by atomic mass is 10.2. The molecule has 0 heterocycles. The van der Waals surface area contributed by atoms with Gasteiger partial charge in [-0.25, -0.2) is 10.8 Å². The summed E-state index contributed by atoms with van der Waals surface area (Å²) < 4.78 is 0.803. The van der Waals surface area contributed by atoms with Crippen LogP contribution in [0.15, 0.2) is 58.0 Å². The van der Waals surface area contributed by atoms with Crippen molar-refractivity contribution >= 4 is 39.1 Å². The van der Waals surface area contributed by atoms with Crippen LogP contribution in [0.2, 0.25) is 5.02 Å². The highest BCUT2D eigenvalue weighted by Gasteiger charge is 2.05. The predicted octanol–water partition coefficient (Wildman–Crippen LogP) is 3.64. The van der Waals surface area contributed by atoms with Gasteiger partial charge in [0.1, 0.15) is 5.84 Å². The molecule has 92 valence electrons. The molecule has 0 spiro atoms. The van der Waals surface area contributed by atoms with E-state index in [0.29, 0.717) is 10.9 Å². The van der Waals surface area contributed by atoms with Crippen molar-refractivity contribution in [2.24, 2.45) is 10.8 Å². The van der Waals surface area contributed by atoms with Crippen molar-refractivity contribution in [1.82, 2.24) is 5.43 Å². The SMILES string of the molecule is NNC(=Nc1ccccc1)c1ccc(Cl)c(Br)c1. The highest BCUT2D eigenvalue weighted by Crippen LogP contribution is 2.23. The van der Waals surface area contributed by atoms with Crippen LogP contribution in [0.3, 0.4) is 0 Å². The first-order valence-electron chi connectivity index (χ1n) is 5.26. The lowest BCUT2D eigenvalue weighted by Crippen LogP contribution is -2.30. The summed E-state index contributed by atoms with van der Waals surface area (Å²) in [5.41, 5.74) is 4.29. The van der Waals surface area contributed by atoms with Gasteiger partial charge >= 0.3 is 0 Å². The summed E-state index contributed by atoms with van der Waals surface area (Å²) >= 11 is 9.32. The highest BCUT2D eigenvalue weighted by atomic mass is 79.9. The smallest absolute Gasteiger partial charge is 0.147 e. The molecule has 0 aliphatic heterocycles. The van der Waals surface area contributed by atoms with Gasteiger partial charge in [-0.2, -0.15) is 0 Å². The van der Waals surface area contributed by atoms with Crippen LogP contribution in [0.1, 0.15) is 5.56 Å². The Labute approximate surface area is 119 Å². The number of nitrogens with zero attached hydrogens (tertiary/aromatic N) is 1. The molecule has 0 aromatic heterocycles. The van der Waals surface area contributed by atoms with E-state index in [1.54, 1.807) is 6.07 Å². The van der Waals surface area contributed by atoms with Crippen LogP contribution in [0.4, 0.5) is 5.69 Å². The van der Waals surface area contributed by atoms with Crippen molar-refractivity contribution in [3.05, 3.63) is 63.6 Å². The van der Waals surface area contributed by atoms with Crippen LogP contribution in [-0.4, -0.2) is 5.84 Å². The van der Waals surface area contributed by atoms with Gasteiger partial charge in [-0.3, -0.25) is 0 Å². The number of rotatable bonds is 2. The summed E-state index contributed by atoms with van der Waals surface area (Å²) in [5, 5.41) is 0.648. The molecule has 0 aliphatic carbocycles. The van der Waals surface area contributed by atoms with E-state index in [1.165, 1.54) is 0 Å². The van der Waals surface area contributed by atoms with E-state index in [1.807, 2.05) is 42.5 Å². The summed E-state index contributed by atoms with van der Waals surface area (Å²) in [4.78, 5) is 4.43. The Morgan fingerprint density at radius 3 is 2.50 bits per heavy atom. The molecule has 0 amide bonds. The standard InChI is InChI=1S/C13H11BrClN3/c14-11-8-9(6-7-12(11)15)13(18-16)17-10-4-2-1-3-5-10/h1-8H,16H2,(H,17,18). The van der Waals surface area contributed by atoms with Gasteiger partial charge in [0.15, 0.2) is 0 Å². The minimum absolute atomic E-state index is 0.582. The number of para-hydroxylation sites is 1. The third-order valence-electron chi connectivity index (χ3n) is 2.33. The van der Waals surface area contributed by atoms with Crippen LogP contribution in [0.5, 0.6) is 0 Å². The Morgan fingerprint density at radius 2 is 1.89 bits per heavy atom. The van der Waals surface area contributed by atoms with E-state index >= 15 is 0 Å². The summed E-state index contributed by atoms with van der Waals surface area (Å²) in [6, 6.07) is 15.1. The Kier molecular flexibility index (Phi) is 4.36. The predicted molar refractivity (Wildman–Crippen MR) is 79.1 cm³/mol. The van der Waals surface area contributed by atoms with Gasteiger partial charge in [0.25, 0.3) is 0 Å². The van der Waals surface area contributed by atoms with Gasteiger partial charge in [-0.05, 0) is 46.3 Å². The molecule has 0 fully saturated rings. The van der Waals surface area contributed by atoms with Gasteiger partial charge < -0.3 is 5.43 Å². The maximum Gasteiger partial charge on any atom is 0.147 e. The summed E-state index contributed by atoms with van der Waals surface area (Å²) in [7, 11) is 0. The summed E-state index contributed by atoms with van der Waals surface area (Å²) in [5.74, 6) is 6.09. The molecule has 0 unspecified atom stereocenters. The number of nitrogens with one attached hydrogen (secondary N) is 1.